The molecule has 8 heteroatoms. The standard InChI is InChI=1S/2H2O3S/c2*1-4(2)3/h2*4H,(H,1,2,3). The van der Waals surface area contributed by atoms with Crippen LogP contribution in [0.1, 0.15) is 0 Å². The van der Waals surface area contributed by atoms with Crippen LogP contribution in [0.2, 0.25) is 0 Å². The number of hydrogen-bond acceptors (Lipinski definition) is 4. The Hall–Kier alpha value is -0.180. The second-order valence-corrected chi connectivity index (χ2v) is 1.43. The molecule has 0 unspecified atom stereocenters. The van der Waals surface area contributed by atoms with Gasteiger partial charge in [0.25, 0.3) is 22.0 Å². The Kier molecular flexibility index (Phi) is 9.15. The quantitative estimate of drug-likeness (QED) is 0.247. The zero-order chi connectivity index (χ0) is 7.15. The van der Waals surface area contributed by atoms with Gasteiger partial charge >= 0.3 is 0 Å². The maximum Gasteiger partial charge on any atom is 0.254 e. The predicted molar refractivity (Wildman–Crippen MR) is 25.9 cm³/mol. The first kappa shape index (κ1) is 10.7. The van der Waals surface area contributed by atoms with Crippen molar-refractivity contribution in [3.63, 3.8) is 0 Å². The molecule has 0 spiro atoms. The molecule has 0 fully saturated rings. The lowest BCUT2D eigenvalue weighted by Crippen LogP contribution is -1.58. The van der Waals surface area contributed by atoms with Gasteiger partial charge in [0.15, 0.2) is 0 Å². The van der Waals surface area contributed by atoms with Gasteiger partial charge in [-0.05, 0) is 0 Å². The SMILES string of the molecule is O=[SH](=O)O.O=[SH](=O)O. The van der Waals surface area contributed by atoms with Gasteiger partial charge in [0.05, 0.1) is 0 Å². The summed E-state index contributed by atoms with van der Waals surface area (Å²) in [5, 5.41) is 0. The second kappa shape index (κ2) is 6.82. The van der Waals surface area contributed by atoms with Crippen LogP contribution in [-0.2, 0) is 22.0 Å². The third-order valence-corrected chi connectivity index (χ3v) is 0. The summed E-state index contributed by atoms with van der Waals surface area (Å²) in [6, 6.07) is 0. The first-order chi connectivity index (χ1) is 3.46. The van der Waals surface area contributed by atoms with Crippen LogP contribution < -0.4 is 0 Å². The van der Waals surface area contributed by atoms with Crippen molar-refractivity contribution in [1.82, 2.24) is 0 Å². The Bertz CT molecular complexity index is 123. The summed E-state index contributed by atoms with van der Waals surface area (Å²) in [5.41, 5.74) is 0. The number of rotatable bonds is 0. The molecular weight excluding hydrogens is 160 g/mol. The summed E-state index contributed by atoms with van der Waals surface area (Å²) in [6.07, 6.45) is 0. The monoisotopic (exact) mass is 164 g/mol. The maximum atomic E-state index is 8.59. The number of thiol groups is 2. The van der Waals surface area contributed by atoms with Crippen LogP contribution in [0.3, 0.4) is 0 Å². The Balaban J connectivity index is 0. The van der Waals surface area contributed by atoms with E-state index >= 15 is 0 Å². The maximum absolute atomic E-state index is 8.59. The lowest BCUT2D eigenvalue weighted by Gasteiger charge is -1.43. The van der Waals surface area contributed by atoms with E-state index in [0.29, 0.717) is 0 Å². The summed E-state index contributed by atoms with van der Waals surface area (Å²) >= 11 is 0. The highest BCUT2D eigenvalue weighted by atomic mass is 32.2. The highest BCUT2D eigenvalue weighted by Gasteiger charge is 1.45. The Morgan fingerprint density at radius 1 is 0.750 bits per heavy atom. The Labute approximate surface area is 48.7 Å². The second-order valence-electron chi connectivity index (χ2n) is 0.476. The van der Waals surface area contributed by atoms with Crippen molar-refractivity contribution >= 4 is 22.0 Å². The minimum absolute atomic E-state index is 3.12. The van der Waals surface area contributed by atoms with E-state index in [1.165, 1.54) is 0 Å². The summed E-state index contributed by atoms with van der Waals surface area (Å²) in [5.74, 6) is 0. The van der Waals surface area contributed by atoms with E-state index in [1.54, 1.807) is 0 Å². The fourth-order valence-corrected chi connectivity index (χ4v) is 0. The van der Waals surface area contributed by atoms with Crippen LogP contribution in [0, 0.1) is 0 Å². The van der Waals surface area contributed by atoms with Crippen molar-refractivity contribution in [3.05, 3.63) is 0 Å². The largest absolute Gasteiger partial charge is 0.288 e. The fourth-order valence-electron chi connectivity index (χ4n) is 0. The summed E-state index contributed by atoms with van der Waals surface area (Å²) in [7, 11) is -6.24. The van der Waals surface area contributed by atoms with Crippen LogP contribution in [0.15, 0.2) is 0 Å². The normalized spacial score (nSPS) is 8.50. The van der Waals surface area contributed by atoms with Crippen molar-refractivity contribution < 1.29 is 25.9 Å². The van der Waals surface area contributed by atoms with Crippen molar-refractivity contribution in [2.75, 3.05) is 0 Å². The molecule has 8 heavy (non-hydrogen) atoms. The van der Waals surface area contributed by atoms with Crippen LogP contribution >= 0.6 is 0 Å². The van der Waals surface area contributed by atoms with E-state index in [2.05, 4.69) is 0 Å². The van der Waals surface area contributed by atoms with Gasteiger partial charge in [-0.25, -0.2) is 16.8 Å². The molecule has 2 N–H and O–H groups in total. The Morgan fingerprint density at radius 3 is 0.750 bits per heavy atom. The van der Waals surface area contributed by atoms with Crippen LogP contribution in [0.25, 0.3) is 0 Å². The molecule has 0 atom stereocenters. The molecule has 0 aromatic heterocycles. The zero-order valence-electron chi connectivity index (χ0n) is 3.42. The molecule has 52 valence electrons. The highest BCUT2D eigenvalue weighted by Crippen LogP contribution is 1.27. The van der Waals surface area contributed by atoms with Crippen LogP contribution in [0.5, 0.6) is 0 Å². The molecule has 0 saturated heterocycles. The van der Waals surface area contributed by atoms with Crippen molar-refractivity contribution in [2.45, 2.75) is 0 Å². The molecule has 0 heterocycles. The summed E-state index contributed by atoms with van der Waals surface area (Å²) < 4.78 is 48.4. The average Bonchev–Trinajstić information content (AvgIpc) is 1.25. The van der Waals surface area contributed by atoms with Gasteiger partial charge in [-0.1, -0.05) is 0 Å². The molecule has 0 aliphatic rings. The molecule has 0 bridgehead atoms. The van der Waals surface area contributed by atoms with Gasteiger partial charge in [-0.2, -0.15) is 0 Å². The molecular formula is H4O6S2. The van der Waals surface area contributed by atoms with E-state index in [-0.39, 0.29) is 0 Å². The third kappa shape index (κ3) is 4170. The third-order valence-electron chi connectivity index (χ3n) is 0. The first-order valence-electron chi connectivity index (χ1n) is 1.13. The minimum Gasteiger partial charge on any atom is -0.288 e. The molecule has 0 rings (SSSR count). The molecule has 0 aromatic carbocycles. The van der Waals surface area contributed by atoms with E-state index in [9.17, 15) is 0 Å². The van der Waals surface area contributed by atoms with E-state index in [0.717, 1.165) is 0 Å². The predicted octanol–water partition coefficient (Wildman–Crippen LogP) is -1.86. The van der Waals surface area contributed by atoms with Crippen LogP contribution in [-0.4, -0.2) is 25.9 Å². The van der Waals surface area contributed by atoms with E-state index < -0.39 is 22.0 Å². The summed E-state index contributed by atoms with van der Waals surface area (Å²) in [4.78, 5) is 0. The summed E-state index contributed by atoms with van der Waals surface area (Å²) in [6.45, 7) is 0. The highest BCUT2D eigenvalue weighted by molar-refractivity contribution is 7.66. The molecule has 0 amide bonds. The minimum atomic E-state index is -3.12. The van der Waals surface area contributed by atoms with E-state index in [1.807, 2.05) is 0 Å². The Morgan fingerprint density at radius 2 is 0.750 bits per heavy atom. The topological polar surface area (TPSA) is 109 Å². The lowest BCUT2D eigenvalue weighted by atomic mass is 15.9. The van der Waals surface area contributed by atoms with Gasteiger partial charge in [0, 0.05) is 0 Å². The van der Waals surface area contributed by atoms with Crippen LogP contribution in [0.4, 0.5) is 0 Å². The van der Waals surface area contributed by atoms with Gasteiger partial charge in [-0.15, -0.1) is 0 Å². The molecule has 0 radical (unpaired) electrons. The van der Waals surface area contributed by atoms with Crippen molar-refractivity contribution in [3.8, 4) is 0 Å². The molecule has 6 nitrogen and oxygen atoms in total. The molecule has 0 aliphatic carbocycles. The number of hydrogen-bond donors (Lipinski definition) is 4. The average molecular weight is 164 g/mol. The smallest absolute Gasteiger partial charge is 0.254 e. The van der Waals surface area contributed by atoms with Crippen molar-refractivity contribution in [2.24, 2.45) is 0 Å². The van der Waals surface area contributed by atoms with Crippen molar-refractivity contribution in [1.29, 1.82) is 0 Å². The van der Waals surface area contributed by atoms with Gasteiger partial charge in [0.1, 0.15) is 0 Å². The molecule has 0 aromatic rings. The van der Waals surface area contributed by atoms with Gasteiger partial charge in [-0.3, -0.25) is 9.11 Å². The zero-order valence-corrected chi connectivity index (χ0v) is 5.21. The van der Waals surface area contributed by atoms with E-state index in [4.69, 9.17) is 25.9 Å². The van der Waals surface area contributed by atoms with Gasteiger partial charge < -0.3 is 0 Å². The molecule has 0 saturated carbocycles. The first-order valence-corrected chi connectivity index (χ1v) is 3.39. The lowest BCUT2D eigenvalue weighted by molar-refractivity contribution is 0.507. The fraction of sp³-hybridized carbons (Fsp3) is 0. The van der Waals surface area contributed by atoms with Gasteiger partial charge in [0.2, 0.25) is 0 Å². The molecule has 0 aliphatic heterocycles.